The van der Waals surface area contributed by atoms with Gasteiger partial charge < -0.3 is 25.3 Å². The highest BCUT2D eigenvalue weighted by Crippen LogP contribution is 2.43. The molecule has 0 atom stereocenters. The number of piperidine rings is 1. The van der Waals surface area contributed by atoms with E-state index in [2.05, 4.69) is 15.3 Å². The maximum atomic E-state index is 13.7. The number of anilines is 2. The molecular weight excluding hydrogens is 375 g/mol. The van der Waals surface area contributed by atoms with Gasteiger partial charge in [-0.05, 0) is 26.7 Å². The highest BCUT2D eigenvalue weighted by Gasteiger charge is 2.38. The summed E-state index contributed by atoms with van der Waals surface area (Å²) in [4.78, 5) is 20.4. The van der Waals surface area contributed by atoms with E-state index in [1.165, 1.54) is 11.1 Å². The van der Waals surface area contributed by atoms with Gasteiger partial charge in [-0.25, -0.2) is 4.98 Å². The third-order valence-corrected chi connectivity index (χ3v) is 4.41. The summed E-state index contributed by atoms with van der Waals surface area (Å²) in [5.74, 6) is -0.468. The number of carbonyl (C=O) groups is 1. The molecule has 152 valence electrons. The van der Waals surface area contributed by atoms with Gasteiger partial charge >= 0.3 is 6.18 Å². The third-order valence-electron chi connectivity index (χ3n) is 4.41. The Morgan fingerprint density at radius 3 is 2.86 bits per heavy atom. The molecule has 1 fully saturated rings. The summed E-state index contributed by atoms with van der Waals surface area (Å²) in [7, 11) is 0. The van der Waals surface area contributed by atoms with Gasteiger partial charge in [-0.2, -0.15) is 13.2 Å². The van der Waals surface area contributed by atoms with Crippen molar-refractivity contribution in [3.63, 3.8) is 0 Å². The number of H-pyrrole nitrogens is 1. The summed E-state index contributed by atoms with van der Waals surface area (Å²) in [6.07, 6.45) is -1.40. The lowest BCUT2D eigenvalue weighted by Gasteiger charge is -2.32. The molecule has 3 heterocycles. The van der Waals surface area contributed by atoms with Crippen LogP contribution in [0.2, 0.25) is 0 Å². The quantitative estimate of drug-likeness (QED) is 0.719. The van der Waals surface area contributed by atoms with Crippen molar-refractivity contribution >= 4 is 34.0 Å². The van der Waals surface area contributed by atoms with Crippen LogP contribution in [0.4, 0.5) is 24.5 Å². The minimum Gasteiger partial charge on any atom is -0.369 e. The van der Waals surface area contributed by atoms with Crippen molar-refractivity contribution in [1.82, 2.24) is 9.97 Å². The Labute approximate surface area is 159 Å². The molecule has 10 heteroatoms. The summed E-state index contributed by atoms with van der Waals surface area (Å²) >= 11 is 0. The zero-order valence-corrected chi connectivity index (χ0v) is 15.6. The molecule has 1 amide bonds. The number of aromatic nitrogens is 2. The van der Waals surface area contributed by atoms with E-state index in [0.717, 1.165) is 6.20 Å². The Kier molecular flexibility index (Phi) is 5.59. The van der Waals surface area contributed by atoms with Gasteiger partial charge in [-0.1, -0.05) is 0 Å². The number of hydrogen-bond donors (Lipinski definition) is 3. The third kappa shape index (κ3) is 4.27. The number of halogens is 3. The summed E-state index contributed by atoms with van der Waals surface area (Å²) in [6.45, 7) is 3.85. The maximum Gasteiger partial charge on any atom is 0.419 e. The predicted molar refractivity (Wildman–Crippen MR) is 100.0 cm³/mol. The van der Waals surface area contributed by atoms with Crippen LogP contribution in [0.5, 0.6) is 0 Å². The van der Waals surface area contributed by atoms with Crippen LogP contribution in [0, 0.1) is 5.41 Å². The number of hydrogen-bond acceptors (Lipinski definition) is 5. The monoisotopic (exact) mass is 397 g/mol. The van der Waals surface area contributed by atoms with Gasteiger partial charge in [0.25, 0.3) is 0 Å². The Hall–Kier alpha value is -2.62. The highest BCUT2D eigenvalue weighted by molar-refractivity contribution is 6.08. The van der Waals surface area contributed by atoms with E-state index in [-0.39, 0.29) is 41.7 Å². The number of rotatable bonds is 5. The summed E-state index contributed by atoms with van der Waals surface area (Å²) in [5.41, 5.74) is -0.138. The van der Waals surface area contributed by atoms with Crippen LogP contribution in [0.25, 0.3) is 11.0 Å². The average Bonchev–Trinajstić information content (AvgIpc) is 3.01. The largest absolute Gasteiger partial charge is 0.419 e. The van der Waals surface area contributed by atoms with E-state index >= 15 is 0 Å². The Morgan fingerprint density at radius 1 is 1.46 bits per heavy atom. The van der Waals surface area contributed by atoms with E-state index in [1.54, 1.807) is 13.8 Å². The first kappa shape index (κ1) is 20.1. The highest BCUT2D eigenvalue weighted by atomic mass is 19.4. The normalized spacial score (nSPS) is 15.5. The molecular formula is C18H22F3N5O2. The summed E-state index contributed by atoms with van der Waals surface area (Å²) < 4.78 is 46.3. The lowest BCUT2D eigenvalue weighted by Crippen LogP contribution is -2.36. The second-order valence-electron chi connectivity index (χ2n) is 6.98. The molecule has 28 heavy (non-hydrogen) atoms. The fourth-order valence-corrected chi connectivity index (χ4v) is 3.20. The second kappa shape index (κ2) is 7.78. The van der Waals surface area contributed by atoms with Crippen molar-refractivity contribution in [2.75, 3.05) is 29.9 Å². The molecule has 7 nitrogen and oxygen atoms in total. The molecule has 0 spiro atoms. The van der Waals surface area contributed by atoms with E-state index in [9.17, 15) is 18.0 Å². The van der Waals surface area contributed by atoms with Crippen molar-refractivity contribution in [2.24, 2.45) is 0 Å². The molecule has 3 rings (SSSR count). The number of alkyl halides is 3. The number of ether oxygens (including phenoxy) is 1. The van der Waals surface area contributed by atoms with Gasteiger partial charge in [0.1, 0.15) is 12.3 Å². The van der Waals surface area contributed by atoms with Gasteiger partial charge in [0.05, 0.1) is 35.0 Å². The first-order chi connectivity index (χ1) is 13.2. The van der Waals surface area contributed by atoms with Crippen LogP contribution in [0.3, 0.4) is 0 Å². The molecule has 1 saturated heterocycles. The van der Waals surface area contributed by atoms with Crippen molar-refractivity contribution in [2.45, 2.75) is 39.0 Å². The van der Waals surface area contributed by atoms with Crippen LogP contribution in [-0.4, -0.2) is 47.4 Å². The molecule has 0 radical (unpaired) electrons. The number of nitrogens with zero attached hydrogens (tertiary/aromatic N) is 2. The SMILES string of the molecule is CC(C)OCC(=O)Nc1c[nH]c2ncc(C(F)(F)F)c(N3CCCC(=N)C3)c12. The molecule has 0 bridgehead atoms. The van der Waals surface area contributed by atoms with Crippen molar-refractivity contribution in [3.8, 4) is 0 Å². The smallest absolute Gasteiger partial charge is 0.369 e. The van der Waals surface area contributed by atoms with E-state index in [4.69, 9.17) is 10.1 Å². The van der Waals surface area contributed by atoms with Crippen molar-refractivity contribution in [1.29, 1.82) is 5.41 Å². The first-order valence-electron chi connectivity index (χ1n) is 8.96. The first-order valence-corrected chi connectivity index (χ1v) is 8.96. The van der Waals surface area contributed by atoms with Gasteiger partial charge in [0, 0.05) is 24.7 Å². The molecule has 0 aromatic carbocycles. The molecule has 0 aliphatic carbocycles. The fraction of sp³-hybridized carbons (Fsp3) is 0.500. The summed E-state index contributed by atoms with van der Waals surface area (Å²) in [5, 5.41) is 10.7. The van der Waals surface area contributed by atoms with Crippen LogP contribution < -0.4 is 10.2 Å². The van der Waals surface area contributed by atoms with Crippen LogP contribution >= 0.6 is 0 Å². The fourth-order valence-electron chi connectivity index (χ4n) is 3.20. The van der Waals surface area contributed by atoms with E-state index in [0.29, 0.717) is 25.1 Å². The summed E-state index contributed by atoms with van der Waals surface area (Å²) in [6, 6.07) is 0. The molecule has 1 aliphatic heterocycles. The maximum absolute atomic E-state index is 13.7. The molecule has 0 unspecified atom stereocenters. The number of pyridine rings is 1. The molecule has 3 N–H and O–H groups in total. The molecule has 2 aromatic heterocycles. The van der Waals surface area contributed by atoms with Gasteiger partial charge in [0.2, 0.25) is 5.91 Å². The van der Waals surface area contributed by atoms with Gasteiger partial charge in [-0.3, -0.25) is 4.79 Å². The van der Waals surface area contributed by atoms with Crippen molar-refractivity contribution < 1.29 is 22.7 Å². The lowest BCUT2D eigenvalue weighted by molar-refractivity contribution is -0.137. The van der Waals surface area contributed by atoms with Gasteiger partial charge in [-0.15, -0.1) is 0 Å². The zero-order valence-electron chi connectivity index (χ0n) is 15.6. The van der Waals surface area contributed by atoms with Gasteiger partial charge in [0.15, 0.2) is 0 Å². The molecule has 0 saturated carbocycles. The average molecular weight is 397 g/mol. The standard InChI is InChI=1S/C18H22F3N5O2/c1-10(2)28-9-14(27)25-13-7-24-17-15(13)16(12(6-23-17)18(19,20)21)26-5-3-4-11(22)8-26/h6-7,10,22H,3-5,8-9H2,1-2H3,(H,23,24)(H,25,27). The molecule has 1 aliphatic rings. The number of amides is 1. The Morgan fingerprint density at radius 2 is 2.21 bits per heavy atom. The van der Waals surface area contributed by atoms with E-state index in [1.807, 2.05) is 0 Å². The number of fused-ring (bicyclic) bond motifs is 1. The van der Waals surface area contributed by atoms with E-state index < -0.39 is 17.6 Å². The number of nitrogens with one attached hydrogen (secondary N) is 3. The molecule has 2 aromatic rings. The van der Waals surface area contributed by atoms with Crippen LogP contribution in [-0.2, 0) is 15.7 Å². The van der Waals surface area contributed by atoms with Crippen LogP contribution in [0.1, 0.15) is 32.3 Å². The minimum absolute atomic E-state index is 0.0664. The van der Waals surface area contributed by atoms with Crippen molar-refractivity contribution in [3.05, 3.63) is 18.0 Å². The van der Waals surface area contributed by atoms with Crippen LogP contribution in [0.15, 0.2) is 12.4 Å². The minimum atomic E-state index is -4.62. The topological polar surface area (TPSA) is 94.1 Å². The number of carbonyl (C=O) groups excluding carboxylic acids is 1. The second-order valence-corrected chi connectivity index (χ2v) is 6.98. The lowest BCUT2D eigenvalue weighted by atomic mass is 10.0. The Balaban J connectivity index is 2.06. The predicted octanol–water partition coefficient (Wildman–Crippen LogP) is 3.57. The number of aromatic amines is 1. The Bertz CT molecular complexity index is 891. The zero-order chi connectivity index (χ0) is 20.5.